The van der Waals surface area contributed by atoms with Crippen LogP contribution in [0.2, 0.25) is 10.0 Å². The Morgan fingerprint density at radius 2 is 1.73 bits per heavy atom. The summed E-state index contributed by atoms with van der Waals surface area (Å²) in [5.41, 5.74) is 1.53. The van der Waals surface area contributed by atoms with E-state index in [4.69, 9.17) is 46.9 Å². The van der Waals surface area contributed by atoms with E-state index in [9.17, 15) is 4.79 Å². The molecule has 1 atom stereocenters. The largest absolute Gasteiger partial charge is 0.468 e. The van der Waals surface area contributed by atoms with E-state index in [-0.39, 0.29) is 18.9 Å². The van der Waals surface area contributed by atoms with Gasteiger partial charge in [0, 0.05) is 32.8 Å². The van der Waals surface area contributed by atoms with Crippen molar-refractivity contribution in [3.8, 4) is 5.75 Å². The number of likely N-dealkylation sites (tertiary alicyclic amines) is 1. The summed E-state index contributed by atoms with van der Waals surface area (Å²) in [6.45, 7) is 9.74. The van der Waals surface area contributed by atoms with Crippen molar-refractivity contribution in [3.63, 3.8) is 0 Å². The molecule has 8 nitrogen and oxygen atoms in total. The van der Waals surface area contributed by atoms with Gasteiger partial charge in [-0.1, -0.05) is 41.4 Å². The van der Waals surface area contributed by atoms with Crippen molar-refractivity contribution in [2.75, 3.05) is 46.8 Å². The van der Waals surface area contributed by atoms with Gasteiger partial charge in [-0.2, -0.15) is 0 Å². The summed E-state index contributed by atoms with van der Waals surface area (Å²) in [5.74, 6) is 0.723. The average molecular weight is 598 g/mol. The fraction of sp³-hybridized carbons (Fsp3) is 0.567. The van der Waals surface area contributed by atoms with Gasteiger partial charge < -0.3 is 33.9 Å². The lowest BCUT2D eigenvalue weighted by molar-refractivity contribution is -0.00848. The van der Waals surface area contributed by atoms with E-state index in [0.717, 1.165) is 42.8 Å². The normalized spacial score (nSPS) is 15.6. The Morgan fingerprint density at radius 1 is 1.02 bits per heavy atom. The number of methoxy groups -OCH3 is 1. The van der Waals surface area contributed by atoms with Crippen LogP contribution < -0.4 is 10.1 Å². The minimum Gasteiger partial charge on any atom is -0.468 e. The number of nitrogens with zero attached hydrogens (tertiary/aromatic N) is 1. The molecular weight excluding hydrogens is 555 g/mol. The summed E-state index contributed by atoms with van der Waals surface area (Å²) in [6.07, 6.45) is 2.26. The number of alkyl carbamates (subject to hydrolysis) is 1. The number of amides is 1. The maximum Gasteiger partial charge on any atom is 0.407 e. The molecule has 40 heavy (non-hydrogen) atoms. The number of hydrogen-bond donors (Lipinski definition) is 1. The number of carbonyl (C=O) groups excluding carboxylic acids is 1. The van der Waals surface area contributed by atoms with E-state index in [1.165, 1.54) is 0 Å². The Morgan fingerprint density at radius 3 is 2.38 bits per heavy atom. The minimum atomic E-state index is -0.567. The zero-order chi connectivity index (χ0) is 29.0. The molecule has 1 unspecified atom stereocenters. The Bertz CT molecular complexity index is 1040. The van der Waals surface area contributed by atoms with E-state index >= 15 is 0 Å². The van der Waals surface area contributed by atoms with Crippen molar-refractivity contribution in [1.29, 1.82) is 0 Å². The zero-order valence-corrected chi connectivity index (χ0v) is 25.4. The highest BCUT2D eigenvalue weighted by Crippen LogP contribution is 2.24. The summed E-state index contributed by atoms with van der Waals surface area (Å²) >= 11 is 12.1. The van der Waals surface area contributed by atoms with Crippen molar-refractivity contribution in [1.82, 2.24) is 10.2 Å². The number of hydrogen-bond acceptors (Lipinski definition) is 7. The quantitative estimate of drug-likeness (QED) is 0.208. The molecule has 1 fully saturated rings. The third-order valence-corrected chi connectivity index (χ3v) is 7.09. The number of piperidine rings is 1. The van der Waals surface area contributed by atoms with Crippen LogP contribution in [-0.2, 0) is 32.0 Å². The van der Waals surface area contributed by atoms with E-state index in [0.29, 0.717) is 42.8 Å². The molecule has 222 valence electrons. The van der Waals surface area contributed by atoms with Crippen LogP contribution in [0.3, 0.4) is 0 Å². The van der Waals surface area contributed by atoms with E-state index in [1.54, 1.807) is 13.2 Å². The molecule has 1 heterocycles. The summed E-state index contributed by atoms with van der Waals surface area (Å²) in [5, 5.41) is 4.16. The first-order valence-corrected chi connectivity index (χ1v) is 14.4. The van der Waals surface area contributed by atoms with Crippen LogP contribution in [0.1, 0.15) is 44.7 Å². The van der Waals surface area contributed by atoms with Crippen LogP contribution in [0.25, 0.3) is 0 Å². The van der Waals surface area contributed by atoms with Crippen LogP contribution in [0.4, 0.5) is 4.79 Å². The smallest absolute Gasteiger partial charge is 0.407 e. The van der Waals surface area contributed by atoms with Gasteiger partial charge in [0.1, 0.15) is 11.4 Å². The van der Waals surface area contributed by atoms with Gasteiger partial charge in [0.05, 0.1) is 36.0 Å². The lowest BCUT2D eigenvalue weighted by Crippen LogP contribution is -2.49. The number of nitrogens with one attached hydrogen (secondary N) is 1. The van der Waals surface area contributed by atoms with Crippen molar-refractivity contribution in [3.05, 3.63) is 63.6 Å². The fourth-order valence-corrected chi connectivity index (χ4v) is 4.69. The summed E-state index contributed by atoms with van der Waals surface area (Å²) < 4.78 is 27.6. The number of halogens is 2. The lowest BCUT2D eigenvalue weighted by atomic mass is 10.0. The average Bonchev–Trinajstić information content (AvgIpc) is 2.90. The number of ether oxygens (including phenoxy) is 5. The molecule has 0 aliphatic carbocycles. The first kappa shape index (κ1) is 32.4. The molecule has 2 aromatic carbocycles. The molecule has 0 aromatic heterocycles. The van der Waals surface area contributed by atoms with Gasteiger partial charge in [0.15, 0.2) is 6.79 Å². The van der Waals surface area contributed by atoms with Gasteiger partial charge in [-0.25, -0.2) is 4.79 Å². The Kier molecular flexibility index (Phi) is 13.3. The van der Waals surface area contributed by atoms with E-state index in [2.05, 4.69) is 10.2 Å². The van der Waals surface area contributed by atoms with E-state index in [1.807, 2.05) is 57.2 Å². The Hall–Kier alpha value is -2.07. The molecule has 1 saturated heterocycles. The number of benzene rings is 2. The second kappa shape index (κ2) is 16.4. The highest BCUT2D eigenvalue weighted by molar-refractivity contribution is 6.42. The number of carbonyl (C=O) groups is 1. The molecule has 1 aliphatic heterocycles. The predicted octanol–water partition coefficient (Wildman–Crippen LogP) is 6.11. The fourth-order valence-electron chi connectivity index (χ4n) is 4.37. The van der Waals surface area contributed by atoms with Crippen molar-refractivity contribution in [2.45, 2.75) is 64.4 Å². The van der Waals surface area contributed by atoms with Crippen molar-refractivity contribution < 1.29 is 28.5 Å². The summed E-state index contributed by atoms with van der Waals surface area (Å²) in [6, 6.07) is 13.3. The predicted molar refractivity (Wildman–Crippen MR) is 157 cm³/mol. The van der Waals surface area contributed by atoms with Gasteiger partial charge in [0.25, 0.3) is 0 Å². The van der Waals surface area contributed by atoms with Gasteiger partial charge in [-0.15, -0.1) is 0 Å². The monoisotopic (exact) mass is 596 g/mol. The second-order valence-corrected chi connectivity index (χ2v) is 11.7. The summed E-state index contributed by atoms with van der Waals surface area (Å²) in [4.78, 5) is 15.0. The number of rotatable bonds is 14. The topological polar surface area (TPSA) is 78.5 Å². The third-order valence-electron chi connectivity index (χ3n) is 6.35. The van der Waals surface area contributed by atoms with Gasteiger partial charge in [-0.3, -0.25) is 0 Å². The third kappa shape index (κ3) is 12.2. The van der Waals surface area contributed by atoms with Crippen molar-refractivity contribution in [2.24, 2.45) is 0 Å². The van der Waals surface area contributed by atoms with Crippen LogP contribution in [0, 0.1) is 0 Å². The SMILES string of the molecule is COCCOCOc1ccc(CC(CN2CCC(OCc3ccc(Cl)c(Cl)c3)CC2)NC(=O)OC(C)(C)C)cc1. The molecule has 0 spiro atoms. The first-order chi connectivity index (χ1) is 19.1. The first-order valence-electron chi connectivity index (χ1n) is 13.7. The minimum absolute atomic E-state index is 0.118. The van der Waals surface area contributed by atoms with Crippen LogP contribution in [-0.4, -0.2) is 75.5 Å². The highest BCUT2D eigenvalue weighted by Gasteiger charge is 2.25. The lowest BCUT2D eigenvalue weighted by Gasteiger charge is -2.34. The molecule has 3 rings (SSSR count). The molecule has 0 bridgehead atoms. The van der Waals surface area contributed by atoms with Gasteiger partial charge in [-0.05, 0) is 75.4 Å². The standard InChI is InChI=1S/C30H42Cl2N2O6/c1-30(2,3)40-29(35)33-24(17-22-5-8-25(9-6-22)39-21-37-16-15-36-4)19-34-13-11-26(12-14-34)38-20-23-7-10-27(31)28(32)18-23/h5-10,18,24,26H,11-17,19-21H2,1-4H3,(H,33,35). The molecular formula is C30H42Cl2N2O6. The zero-order valence-electron chi connectivity index (χ0n) is 23.9. The molecule has 2 aromatic rings. The Labute approximate surface area is 248 Å². The van der Waals surface area contributed by atoms with Crippen molar-refractivity contribution >= 4 is 29.3 Å². The van der Waals surface area contributed by atoms with Crippen LogP contribution in [0.15, 0.2) is 42.5 Å². The van der Waals surface area contributed by atoms with E-state index < -0.39 is 11.7 Å². The molecule has 0 radical (unpaired) electrons. The van der Waals surface area contributed by atoms with Gasteiger partial charge >= 0.3 is 6.09 Å². The molecule has 10 heteroatoms. The molecule has 1 N–H and O–H groups in total. The van der Waals surface area contributed by atoms with Crippen LogP contribution in [0.5, 0.6) is 5.75 Å². The second-order valence-electron chi connectivity index (χ2n) is 10.9. The maximum absolute atomic E-state index is 12.6. The molecule has 1 aliphatic rings. The van der Waals surface area contributed by atoms with Gasteiger partial charge in [0.2, 0.25) is 0 Å². The highest BCUT2D eigenvalue weighted by atomic mass is 35.5. The molecule has 1 amide bonds. The summed E-state index contributed by atoms with van der Waals surface area (Å²) in [7, 11) is 1.63. The maximum atomic E-state index is 12.6. The molecule has 0 saturated carbocycles. The Balaban J connectivity index is 1.51. The van der Waals surface area contributed by atoms with Crippen LogP contribution >= 0.6 is 23.2 Å².